The quantitative estimate of drug-likeness (QED) is 0.721. The second-order valence-electron chi connectivity index (χ2n) is 4.70. The molecule has 3 aromatic rings. The zero-order valence-electron chi connectivity index (χ0n) is 12.0. The molecule has 7 heteroatoms. The van der Waals surface area contributed by atoms with Crippen molar-refractivity contribution >= 4 is 23.2 Å². The van der Waals surface area contributed by atoms with Gasteiger partial charge in [-0.25, -0.2) is 0 Å². The fourth-order valence-electron chi connectivity index (χ4n) is 2.12. The zero-order valence-corrected chi connectivity index (χ0v) is 12.7. The molecule has 0 atom stereocenters. The summed E-state index contributed by atoms with van der Waals surface area (Å²) in [6, 6.07) is 13.0. The van der Waals surface area contributed by atoms with Crippen molar-refractivity contribution < 1.29 is 4.79 Å². The summed E-state index contributed by atoms with van der Waals surface area (Å²) in [4.78, 5) is 11.6. The first kappa shape index (κ1) is 14.9. The zero-order chi connectivity index (χ0) is 16.2. The van der Waals surface area contributed by atoms with Crippen LogP contribution < -0.4 is 5.32 Å². The minimum atomic E-state index is -0.311. The van der Waals surface area contributed by atoms with Crippen molar-refractivity contribution in [1.29, 1.82) is 0 Å². The van der Waals surface area contributed by atoms with Gasteiger partial charge < -0.3 is 5.32 Å². The Hall–Kier alpha value is -2.99. The minimum absolute atomic E-state index is 0.311. The average molecular weight is 326 g/mol. The maximum Gasteiger partial charge on any atom is 0.247 e. The molecule has 1 heterocycles. The van der Waals surface area contributed by atoms with E-state index in [1.165, 1.54) is 6.08 Å². The van der Waals surface area contributed by atoms with Crippen LogP contribution in [0.2, 0.25) is 5.02 Å². The average Bonchev–Trinajstić information content (AvgIpc) is 3.10. The third-order valence-electron chi connectivity index (χ3n) is 3.23. The predicted octanol–water partition coefficient (Wildman–Crippen LogP) is 3.31. The minimum Gasteiger partial charge on any atom is -0.322 e. The summed E-state index contributed by atoms with van der Waals surface area (Å²) in [5.74, 6) is 0.0779. The van der Waals surface area contributed by atoms with Crippen molar-refractivity contribution in [1.82, 2.24) is 20.6 Å². The van der Waals surface area contributed by atoms with Gasteiger partial charge in [0.2, 0.25) is 11.7 Å². The Balaban J connectivity index is 2.07. The number of nitrogens with zero attached hydrogens (tertiary/aromatic N) is 3. The molecule has 2 N–H and O–H groups in total. The van der Waals surface area contributed by atoms with Gasteiger partial charge in [0.15, 0.2) is 0 Å². The van der Waals surface area contributed by atoms with E-state index in [4.69, 9.17) is 11.6 Å². The number of hydrogen-bond donors (Lipinski definition) is 2. The molecule has 0 saturated heterocycles. The molecular formula is C16H12ClN5O. The van der Waals surface area contributed by atoms with E-state index in [1.807, 2.05) is 36.4 Å². The van der Waals surface area contributed by atoms with E-state index in [9.17, 15) is 4.79 Å². The number of carbonyl (C=O) groups excluding carboxylic acids is 1. The van der Waals surface area contributed by atoms with Crippen LogP contribution in [0.4, 0.5) is 5.69 Å². The number of aromatic nitrogens is 4. The molecule has 2 aromatic carbocycles. The Morgan fingerprint density at radius 3 is 2.57 bits per heavy atom. The normalized spacial score (nSPS) is 10.3. The monoisotopic (exact) mass is 325 g/mol. The van der Waals surface area contributed by atoms with Gasteiger partial charge in [-0.15, -0.1) is 10.2 Å². The fraction of sp³-hybridized carbons (Fsp3) is 0. The smallest absolute Gasteiger partial charge is 0.247 e. The van der Waals surface area contributed by atoms with Crippen LogP contribution in [0.5, 0.6) is 0 Å². The third kappa shape index (κ3) is 3.27. The molecule has 0 aliphatic carbocycles. The van der Waals surface area contributed by atoms with Gasteiger partial charge in [-0.1, -0.05) is 36.4 Å². The molecular weight excluding hydrogens is 314 g/mol. The Bertz CT molecular complexity index is 843. The van der Waals surface area contributed by atoms with Crippen LogP contribution in [0, 0.1) is 0 Å². The molecule has 114 valence electrons. The molecule has 1 amide bonds. The Kier molecular flexibility index (Phi) is 4.16. The molecule has 0 radical (unpaired) electrons. The number of H-pyrrole nitrogens is 1. The summed E-state index contributed by atoms with van der Waals surface area (Å²) in [6.07, 6.45) is 1.20. The van der Waals surface area contributed by atoms with Gasteiger partial charge in [0, 0.05) is 10.6 Å². The van der Waals surface area contributed by atoms with Crippen molar-refractivity contribution in [3.63, 3.8) is 0 Å². The highest BCUT2D eigenvalue weighted by Crippen LogP contribution is 2.31. The van der Waals surface area contributed by atoms with Crippen molar-refractivity contribution in [2.24, 2.45) is 0 Å². The van der Waals surface area contributed by atoms with Crippen molar-refractivity contribution in [2.75, 3.05) is 5.32 Å². The molecule has 0 spiro atoms. The topological polar surface area (TPSA) is 83.6 Å². The summed E-state index contributed by atoms with van der Waals surface area (Å²) < 4.78 is 0. The number of nitrogens with one attached hydrogen (secondary N) is 2. The number of rotatable bonds is 4. The highest BCUT2D eigenvalue weighted by atomic mass is 35.5. The number of aromatic amines is 1. The van der Waals surface area contributed by atoms with Crippen LogP contribution in [0.3, 0.4) is 0 Å². The maximum absolute atomic E-state index is 11.6. The van der Waals surface area contributed by atoms with E-state index in [1.54, 1.807) is 6.07 Å². The summed E-state index contributed by atoms with van der Waals surface area (Å²) >= 11 is 5.92. The summed E-state index contributed by atoms with van der Waals surface area (Å²) in [5, 5.41) is 17.3. The van der Waals surface area contributed by atoms with Gasteiger partial charge in [-0.05, 0) is 46.7 Å². The molecule has 0 aliphatic rings. The number of benzene rings is 2. The van der Waals surface area contributed by atoms with E-state index in [0.717, 1.165) is 11.1 Å². The Labute approximate surface area is 137 Å². The van der Waals surface area contributed by atoms with Gasteiger partial charge in [0.1, 0.15) is 0 Å². The SMILES string of the molecule is C=CC(=O)Nc1ccc(-c2ccc(Cl)cc2)cc1-c1nn[nH]n1. The number of carbonyl (C=O) groups is 1. The summed E-state index contributed by atoms with van der Waals surface area (Å²) in [7, 11) is 0. The van der Waals surface area contributed by atoms with E-state index in [0.29, 0.717) is 22.1 Å². The maximum atomic E-state index is 11.6. The molecule has 0 bridgehead atoms. The number of halogens is 1. The second-order valence-corrected chi connectivity index (χ2v) is 5.13. The van der Waals surface area contributed by atoms with Gasteiger partial charge in [0.25, 0.3) is 0 Å². The van der Waals surface area contributed by atoms with Crippen LogP contribution in [0.25, 0.3) is 22.5 Å². The summed E-state index contributed by atoms with van der Waals surface area (Å²) in [6.45, 7) is 3.45. The van der Waals surface area contributed by atoms with E-state index < -0.39 is 0 Å². The van der Waals surface area contributed by atoms with Crippen molar-refractivity contribution in [3.05, 3.63) is 60.1 Å². The standard InChI is InChI=1S/C16H12ClN5O/c1-2-15(23)18-14-8-5-11(10-3-6-12(17)7-4-10)9-13(14)16-19-21-22-20-16/h2-9H,1H2,(H,18,23)(H,19,20,21,22). The van der Waals surface area contributed by atoms with Gasteiger partial charge in [0.05, 0.1) is 5.69 Å². The number of amides is 1. The number of hydrogen-bond acceptors (Lipinski definition) is 4. The third-order valence-corrected chi connectivity index (χ3v) is 3.48. The molecule has 0 saturated carbocycles. The van der Waals surface area contributed by atoms with Crippen LogP contribution in [-0.2, 0) is 4.79 Å². The first-order valence-electron chi connectivity index (χ1n) is 6.74. The highest BCUT2D eigenvalue weighted by Gasteiger charge is 2.13. The molecule has 1 aromatic heterocycles. The Morgan fingerprint density at radius 1 is 1.17 bits per heavy atom. The van der Waals surface area contributed by atoms with Crippen LogP contribution >= 0.6 is 11.6 Å². The highest BCUT2D eigenvalue weighted by molar-refractivity contribution is 6.30. The number of anilines is 1. The van der Waals surface area contributed by atoms with Crippen LogP contribution in [-0.4, -0.2) is 26.5 Å². The van der Waals surface area contributed by atoms with Gasteiger partial charge >= 0.3 is 0 Å². The predicted molar refractivity (Wildman–Crippen MR) is 88.9 cm³/mol. The summed E-state index contributed by atoms with van der Waals surface area (Å²) in [5.41, 5.74) is 3.16. The largest absolute Gasteiger partial charge is 0.322 e. The molecule has 0 aliphatic heterocycles. The van der Waals surface area contributed by atoms with E-state index in [2.05, 4.69) is 32.5 Å². The molecule has 0 fully saturated rings. The molecule has 3 rings (SSSR count). The lowest BCUT2D eigenvalue weighted by Gasteiger charge is -2.10. The molecule has 0 unspecified atom stereocenters. The van der Waals surface area contributed by atoms with E-state index >= 15 is 0 Å². The lowest BCUT2D eigenvalue weighted by molar-refractivity contribution is -0.111. The van der Waals surface area contributed by atoms with Crippen LogP contribution in [0.1, 0.15) is 0 Å². The fourth-order valence-corrected chi connectivity index (χ4v) is 2.25. The molecule has 23 heavy (non-hydrogen) atoms. The van der Waals surface area contributed by atoms with E-state index in [-0.39, 0.29) is 5.91 Å². The van der Waals surface area contributed by atoms with Crippen molar-refractivity contribution in [3.8, 4) is 22.5 Å². The van der Waals surface area contributed by atoms with Crippen molar-refractivity contribution in [2.45, 2.75) is 0 Å². The first-order valence-corrected chi connectivity index (χ1v) is 7.12. The van der Waals surface area contributed by atoms with Gasteiger partial charge in [-0.2, -0.15) is 5.21 Å². The Morgan fingerprint density at radius 2 is 1.91 bits per heavy atom. The number of tetrazole rings is 1. The lowest BCUT2D eigenvalue weighted by atomic mass is 10.0. The molecule has 6 nitrogen and oxygen atoms in total. The second kappa shape index (κ2) is 6.41. The van der Waals surface area contributed by atoms with Crippen LogP contribution in [0.15, 0.2) is 55.1 Å². The first-order chi connectivity index (χ1) is 11.2. The lowest BCUT2D eigenvalue weighted by Crippen LogP contribution is -2.08. The van der Waals surface area contributed by atoms with Gasteiger partial charge in [-0.3, -0.25) is 4.79 Å².